The van der Waals surface area contributed by atoms with Crippen LogP contribution in [0.5, 0.6) is 5.75 Å². The number of oxazole rings is 1. The van der Waals surface area contributed by atoms with E-state index in [0.29, 0.717) is 46.4 Å². The van der Waals surface area contributed by atoms with Crippen molar-refractivity contribution in [3.8, 4) is 28.5 Å². The molecule has 0 aliphatic rings. The van der Waals surface area contributed by atoms with Crippen molar-refractivity contribution in [2.75, 3.05) is 6.61 Å². The number of hydrogen-bond acceptors (Lipinski definition) is 7. The number of furan rings is 1. The first kappa shape index (κ1) is 24.1. The molecule has 7 heteroatoms. The maximum Gasteiger partial charge on any atom is 0.338 e. The van der Waals surface area contributed by atoms with Crippen LogP contribution in [0.4, 0.5) is 5.69 Å². The smallest absolute Gasteiger partial charge is 0.338 e. The summed E-state index contributed by atoms with van der Waals surface area (Å²) in [7, 11) is 0. The molecule has 0 radical (unpaired) electrons. The third-order valence-electron chi connectivity index (χ3n) is 5.86. The second kappa shape index (κ2) is 10.5. The van der Waals surface area contributed by atoms with Gasteiger partial charge >= 0.3 is 5.97 Å². The summed E-state index contributed by atoms with van der Waals surface area (Å²) < 4.78 is 16.9. The lowest BCUT2D eigenvalue weighted by atomic mass is 10.1. The van der Waals surface area contributed by atoms with Gasteiger partial charge in [-0.25, -0.2) is 9.78 Å². The Kier molecular flexibility index (Phi) is 6.85. The second-order valence-corrected chi connectivity index (χ2v) is 8.72. The molecule has 2 aromatic heterocycles. The van der Waals surface area contributed by atoms with Gasteiger partial charge in [0.2, 0.25) is 5.89 Å². The predicted molar refractivity (Wildman–Crippen MR) is 142 cm³/mol. The fourth-order valence-electron chi connectivity index (χ4n) is 3.81. The van der Waals surface area contributed by atoms with Gasteiger partial charge in [0.05, 0.1) is 29.6 Å². The molecule has 0 unspecified atom stereocenters. The van der Waals surface area contributed by atoms with Crippen molar-refractivity contribution in [3.63, 3.8) is 0 Å². The maximum atomic E-state index is 12.1. The van der Waals surface area contributed by atoms with Gasteiger partial charge in [-0.2, -0.15) is 0 Å². The Morgan fingerprint density at radius 2 is 1.86 bits per heavy atom. The fourth-order valence-corrected chi connectivity index (χ4v) is 3.81. The van der Waals surface area contributed by atoms with E-state index in [-0.39, 0.29) is 11.7 Å². The maximum absolute atomic E-state index is 12.1. The lowest BCUT2D eigenvalue weighted by Gasteiger charge is -2.04. The summed E-state index contributed by atoms with van der Waals surface area (Å²) in [5.41, 5.74) is 4.87. The van der Waals surface area contributed by atoms with Gasteiger partial charge in [0, 0.05) is 11.6 Å². The van der Waals surface area contributed by atoms with Crippen LogP contribution in [-0.2, 0) is 4.74 Å². The summed E-state index contributed by atoms with van der Waals surface area (Å²) in [4.78, 5) is 21.0. The number of nitrogens with zero attached hydrogens (tertiary/aromatic N) is 2. The Morgan fingerprint density at radius 3 is 2.65 bits per heavy atom. The van der Waals surface area contributed by atoms with Crippen LogP contribution in [0.3, 0.4) is 0 Å². The molecule has 0 atom stereocenters. The van der Waals surface area contributed by atoms with E-state index in [1.807, 2.05) is 50.2 Å². The van der Waals surface area contributed by atoms with E-state index >= 15 is 0 Å². The number of aromatic nitrogens is 1. The number of unbranched alkanes of at least 4 members (excludes halogenated alkanes) is 1. The molecule has 0 bridgehead atoms. The normalized spacial score (nSPS) is 11.4. The van der Waals surface area contributed by atoms with Crippen LogP contribution in [0.15, 0.2) is 86.6 Å². The van der Waals surface area contributed by atoms with Crippen LogP contribution in [-0.4, -0.2) is 28.9 Å². The fraction of sp³-hybridized carbons (Fsp3) is 0.167. The molecule has 5 rings (SSSR count). The zero-order valence-electron chi connectivity index (χ0n) is 20.6. The molecule has 0 saturated heterocycles. The Morgan fingerprint density at radius 1 is 1.03 bits per heavy atom. The third kappa shape index (κ3) is 5.46. The molecule has 2 heterocycles. The minimum absolute atomic E-state index is 0.0198. The van der Waals surface area contributed by atoms with E-state index in [0.717, 1.165) is 29.5 Å². The van der Waals surface area contributed by atoms with Crippen LogP contribution in [0.2, 0.25) is 0 Å². The average Bonchev–Trinajstić information content (AvgIpc) is 3.54. The van der Waals surface area contributed by atoms with E-state index in [9.17, 15) is 9.90 Å². The molecule has 3 aromatic carbocycles. The number of ether oxygens (including phenoxy) is 1. The zero-order valence-corrected chi connectivity index (χ0v) is 20.6. The summed E-state index contributed by atoms with van der Waals surface area (Å²) in [5, 5.41) is 10.6. The Balaban J connectivity index is 1.27. The molecule has 0 amide bonds. The lowest BCUT2D eigenvalue weighted by Crippen LogP contribution is -2.05. The molecule has 186 valence electrons. The highest BCUT2D eigenvalue weighted by Gasteiger charge is 2.13. The van der Waals surface area contributed by atoms with Crippen LogP contribution >= 0.6 is 0 Å². The summed E-state index contributed by atoms with van der Waals surface area (Å²) in [6.07, 6.45) is 3.41. The van der Waals surface area contributed by atoms with Crippen molar-refractivity contribution in [1.29, 1.82) is 0 Å². The number of fused-ring (bicyclic) bond motifs is 1. The Labute approximate surface area is 214 Å². The van der Waals surface area contributed by atoms with Gasteiger partial charge in [-0.3, -0.25) is 4.99 Å². The van der Waals surface area contributed by atoms with Crippen LogP contribution in [0, 0.1) is 6.92 Å². The van der Waals surface area contributed by atoms with Crippen molar-refractivity contribution >= 4 is 29.0 Å². The predicted octanol–water partition coefficient (Wildman–Crippen LogP) is 7.48. The first-order valence-electron chi connectivity index (χ1n) is 12.1. The van der Waals surface area contributed by atoms with Gasteiger partial charge in [0.25, 0.3) is 0 Å². The summed E-state index contributed by atoms with van der Waals surface area (Å²) >= 11 is 0. The molecule has 0 fully saturated rings. The molecular weight excluding hydrogens is 468 g/mol. The van der Waals surface area contributed by atoms with Crippen molar-refractivity contribution in [1.82, 2.24) is 4.98 Å². The number of aryl methyl sites for hydroxylation is 1. The molecule has 0 aliphatic carbocycles. The number of carbonyl (C=O) groups excluding carboxylic acids is 1. The minimum atomic E-state index is -0.326. The molecule has 0 aliphatic heterocycles. The quantitative estimate of drug-likeness (QED) is 0.136. The standard InChI is InChI=1S/C30H26N2O5/c1-3-4-15-35-30(34)21-8-6-20(7-9-21)27-14-11-23(36-27)18-31-22-10-12-24(26(33)17-22)29-32-25-16-19(2)5-13-28(25)37-29/h5-14,16-18,33H,3-4,15H2,1-2H3. The Hall–Kier alpha value is -4.65. The summed E-state index contributed by atoms with van der Waals surface area (Å²) in [6.45, 7) is 4.46. The number of phenols is 1. The lowest BCUT2D eigenvalue weighted by molar-refractivity contribution is 0.0499. The SMILES string of the molecule is CCCCOC(=O)c1ccc(-c2ccc(C=Nc3ccc(-c4nc5cc(C)ccc5o4)c(O)c3)o2)cc1. The molecule has 1 N–H and O–H groups in total. The largest absolute Gasteiger partial charge is 0.507 e. The van der Waals surface area contributed by atoms with Crippen molar-refractivity contribution in [2.24, 2.45) is 4.99 Å². The second-order valence-electron chi connectivity index (χ2n) is 8.72. The molecular formula is C30H26N2O5. The number of benzene rings is 3. The highest BCUT2D eigenvalue weighted by molar-refractivity contribution is 5.90. The van der Waals surface area contributed by atoms with Crippen molar-refractivity contribution in [3.05, 3.63) is 89.7 Å². The highest BCUT2D eigenvalue weighted by atomic mass is 16.5. The number of phenolic OH excluding ortho intramolecular Hbond substituents is 1. The van der Waals surface area contributed by atoms with Gasteiger partial charge in [0.1, 0.15) is 22.8 Å². The molecule has 0 spiro atoms. The molecule has 7 nitrogen and oxygen atoms in total. The third-order valence-corrected chi connectivity index (χ3v) is 5.86. The first-order chi connectivity index (χ1) is 18.0. The number of aliphatic imine (C=N–C) groups is 1. The van der Waals surface area contributed by atoms with Crippen molar-refractivity contribution < 1.29 is 23.5 Å². The van der Waals surface area contributed by atoms with Crippen LogP contribution in [0.1, 0.15) is 41.4 Å². The molecule has 5 aromatic rings. The van der Waals surface area contributed by atoms with Gasteiger partial charge in [0.15, 0.2) is 5.58 Å². The number of rotatable bonds is 8. The average molecular weight is 495 g/mol. The molecule has 37 heavy (non-hydrogen) atoms. The van der Waals surface area contributed by atoms with E-state index in [4.69, 9.17) is 13.6 Å². The highest BCUT2D eigenvalue weighted by Crippen LogP contribution is 2.34. The number of aromatic hydroxyl groups is 1. The van der Waals surface area contributed by atoms with E-state index in [1.165, 1.54) is 0 Å². The number of carbonyl (C=O) groups is 1. The van der Waals surface area contributed by atoms with Gasteiger partial charge in [-0.15, -0.1) is 0 Å². The number of hydrogen-bond donors (Lipinski definition) is 1. The van der Waals surface area contributed by atoms with Crippen LogP contribution < -0.4 is 0 Å². The van der Waals surface area contributed by atoms with Gasteiger partial charge in [-0.05, 0) is 67.4 Å². The van der Waals surface area contributed by atoms with Crippen LogP contribution in [0.25, 0.3) is 33.9 Å². The van der Waals surface area contributed by atoms with Gasteiger partial charge < -0.3 is 18.7 Å². The topological polar surface area (TPSA) is 98.1 Å². The van der Waals surface area contributed by atoms with E-state index < -0.39 is 0 Å². The summed E-state index contributed by atoms with van der Waals surface area (Å²) in [6, 6.07) is 21.5. The van der Waals surface area contributed by atoms with Gasteiger partial charge in [-0.1, -0.05) is 31.5 Å². The first-order valence-corrected chi connectivity index (χ1v) is 12.1. The summed E-state index contributed by atoms with van der Waals surface area (Å²) in [5.74, 6) is 1.25. The number of esters is 1. The zero-order chi connectivity index (χ0) is 25.8. The monoisotopic (exact) mass is 494 g/mol. The Bertz CT molecular complexity index is 1580. The van der Waals surface area contributed by atoms with E-state index in [2.05, 4.69) is 9.98 Å². The minimum Gasteiger partial charge on any atom is -0.507 e. The van der Waals surface area contributed by atoms with E-state index in [1.54, 1.807) is 42.6 Å². The molecule has 0 saturated carbocycles. The van der Waals surface area contributed by atoms with Crippen molar-refractivity contribution in [2.45, 2.75) is 26.7 Å².